The van der Waals surface area contributed by atoms with Crippen molar-refractivity contribution in [1.29, 1.82) is 0 Å². The van der Waals surface area contributed by atoms with Crippen LogP contribution in [-0.2, 0) is 0 Å². The standard InChI is InChI=1S/C16H29N/c1-12-6-7-14(13(12)2)17-15-8-11-16(15)9-4-3-5-10-16/h12-15,17H,3-11H2,1-2H3. The summed E-state index contributed by atoms with van der Waals surface area (Å²) < 4.78 is 0. The molecule has 98 valence electrons. The van der Waals surface area contributed by atoms with E-state index in [1.807, 2.05) is 0 Å². The Morgan fingerprint density at radius 2 is 1.65 bits per heavy atom. The third-order valence-electron chi connectivity index (χ3n) is 6.40. The van der Waals surface area contributed by atoms with Crippen LogP contribution in [0.4, 0.5) is 0 Å². The first-order valence-electron chi connectivity index (χ1n) is 7.97. The van der Waals surface area contributed by atoms with Crippen LogP contribution in [0.2, 0.25) is 0 Å². The van der Waals surface area contributed by atoms with Crippen molar-refractivity contribution in [3.05, 3.63) is 0 Å². The maximum atomic E-state index is 4.06. The van der Waals surface area contributed by atoms with E-state index in [9.17, 15) is 0 Å². The zero-order chi connectivity index (χ0) is 11.9. The van der Waals surface area contributed by atoms with E-state index in [2.05, 4.69) is 19.2 Å². The van der Waals surface area contributed by atoms with Gasteiger partial charge in [0.2, 0.25) is 0 Å². The molecule has 1 N–H and O–H groups in total. The topological polar surface area (TPSA) is 12.0 Å². The van der Waals surface area contributed by atoms with Crippen LogP contribution < -0.4 is 5.32 Å². The lowest BCUT2D eigenvalue weighted by molar-refractivity contribution is 0.0135. The molecule has 17 heavy (non-hydrogen) atoms. The largest absolute Gasteiger partial charge is 0.310 e. The third-order valence-corrected chi connectivity index (χ3v) is 6.40. The van der Waals surface area contributed by atoms with Crippen molar-refractivity contribution in [2.45, 2.75) is 83.7 Å². The summed E-state index contributed by atoms with van der Waals surface area (Å²) in [5.74, 6) is 1.84. The van der Waals surface area contributed by atoms with Gasteiger partial charge in [-0.1, -0.05) is 33.1 Å². The van der Waals surface area contributed by atoms with Crippen LogP contribution in [-0.4, -0.2) is 12.1 Å². The Morgan fingerprint density at radius 1 is 0.882 bits per heavy atom. The maximum absolute atomic E-state index is 4.06. The van der Waals surface area contributed by atoms with Crippen LogP contribution in [0.5, 0.6) is 0 Å². The van der Waals surface area contributed by atoms with Crippen LogP contribution in [0.25, 0.3) is 0 Å². The third kappa shape index (κ3) is 2.05. The van der Waals surface area contributed by atoms with E-state index in [-0.39, 0.29) is 0 Å². The molecule has 3 saturated carbocycles. The summed E-state index contributed by atoms with van der Waals surface area (Å²) in [7, 11) is 0. The van der Waals surface area contributed by atoms with Crippen LogP contribution in [0.1, 0.15) is 71.6 Å². The van der Waals surface area contributed by atoms with Crippen molar-refractivity contribution < 1.29 is 0 Å². The number of hydrogen-bond donors (Lipinski definition) is 1. The molecule has 3 aliphatic rings. The van der Waals surface area contributed by atoms with Crippen molar-refractivity contribution >= 4 is 0 Å². The first-order valence-corrected chi connectivity index (χ1v) is 7.97. The minimum atomic E-state index is 0.740. The molecule has 3 fully saturated rings. The second kappa shape index (κ2) is 4.57. The molecule has 3 aliphatic carbocycles. The van der Waals surface area contributed by atoms with Crippen molar-refractivity contribution in [2.24, 2.45) is 17.3 Å². The Labute approximate surface area is 107 Å². The molecule has 1 spiro atoms. The van der Waals surface area contributed by atoms with E-state index in [1.54, 1.807) is 0 Å². The predicted molar refractivity (Wildman–Crippen MR) is 73.0 cm³/mol. The molecule has 4 atom stereocenters. The van der Waals surface area contributed by atoms with E-state index in [0.29, 0.717) is 0 Å². The first-order chi connectivity index (χ1) is 8.21. The molecule has 0 saturated heterocycles. The molecule has 1 nitrogen and oxygen atoms in total. The van der Waals surface area contributed by atoms with Gasteiger partial charge in [0.05, 0.1) is 0 Å². The highest BCUT2D eigenvalue weighted by Gasteiger charge is 2.48. The molecule has 0 heterocycles. The van der Waals surface area contributed by atoms with Gasteiger partial charge >= 0.3 is 0 Å². The van der Waals surface area contributed by atoms with Crippen LogP contribution in [0, 0.1) is 17.3 Å². The molecule has 1 heteroatoms. The normalized spacial score (nSPS) is 44.8. The van der Waals surface area contributed by atoms with Gasteiger partial charge in [-0.2, -0.15) is 0 Å². The Morgan fingerprint density at radius 3 is 2.18 bits per heavy atom. The molecule has 0 amide bonds. The van der Waals surface area contributed by atoms with Crippen molar-refractivity contribution in [3.63, 3.8) is 0 Å². The fraction of sp³-hybridized carbons (Fsp3) is 1.00. The van der Waals surface area contributed by atoms with E-state index in [4.69, 9.17) is 0 Å². The monoisotopic (exact) mass is 235 g/mol. The zero-order valence-corrected chi connectivity index (χ0v) is 11.7. The van der Waals surface area contributed by atoms with Crippen molar-refractivity contribution in [2.75, 3.05) is 0 Å². The highest BCUT2D eigenvalue weighted by atomic mass is 15.0. The fourth-order valence-electron chi connectivity index (χ4n) is 4.67. The minimum absolute atomic E-state index is 0.740. The van der Waals surface area contributed by atoms with Gasteiger partial charge in [-0.3, -0.25) is 0 Å². The molecule has 4 unspecified atom stereocenters. The lowest BCUT2D eigenvalue weighted by Gasteiger charge is -2.53. The van der Waals surface area contributed by atoms with E-state index in [0.717, 1.165) is 29.3 Å². The van der Waals surface area contributed by atoms with Crippen molar-refractivity contribution in [3.8, 4) is 0 Å². The van der Waals surface area contributed by atoms with Gasteiger partial charge in [-0.25, -0.2) is 0 Å². The summed E-state index contributed by atoms with van der Waals surface area (Å²) in [5, 5.41) is 4.06. The molecular weight excluding hydrogens is 206 g/mol. The number of nitrogens with one attached hydrogen (secondary N) is 1. The SMILES string of the molecule is CC1CCC(NC2CCC23CCCCC3)C1C. The molecule has 0 aliphatic heterocycles. The van der Waals surface area contributed by atoms with Gasteiger partial charge in [0.15, 0.2) is 0 Å². The summed E-state index contributed by atoms with van der Waals surface area (Å²) in [6.07, 6.45) is 13.4. The van der Waals surface area contributed by atoms with E-state index < -0.39 is 0 Å². The number of rotatable bonds is 2. The van der Waals surface area contributed by atoms with Crippen LogP contribution in [0.3, 0.4) is 0 Å². The Bertz CT molecular complexity index is 267. The van der Waals surface area contributed by atoms with Gasteiger partial charge in [0.25, 0.3) is 0 Å². The van der Waals surface area contributed by atoms with Crippen LogP contribution in [0.15, 0.2) is 0 Å². The summed E-state index contributed by atoms with van der Waals surface area (Å²) in [6.45, 7) is 4.89. The lowest BCUT2D eigenvalue weighted by Crippen LogP contribution is -2.57. The molecule has 3 rings (SSSR count). The van der Waals surface area contributed by atoms with E-state index >= 15 is 0 Å². The van der Waals surface area contributed by atoms with Crippen molar-refractivity contribution in [1.82, 2.24) is 5.32 Å². The predicted octanol–water partition coefficient (Wildman–Crippen LogP) is 4.12. The van der Waals surface area contributed by atoms with Gasteiger partial charge in [-0.05, 0) is 55.8 Å². The van der Waals surface area contributed by atoms with Gasteiger partial charge in [0.1, 0.15) is 0 Å². The maximum Gasteiger partial charge on any atom is 0.0126 e. The summed E-state index contributed by atoms with van der Waals surface area (Å²) in [6, 6.07) is 1.70. The summed E-state index contributed by atoms with van der Waals surface area (Å²) in [5.41, 5.74) is 0.740. The minimum Gasteiger partial charge on any atom is -0.310 e. The average molecular weight is 235 g/mol. The molecule has 0 bridgehead atoms. The first kappa shape index (κ1) is 12.0. The highest BCUT2D eigenvalue weighted by molar-refractivity contribution is 5.03. The second-order valence-electron chi connectivity index (χ2n) is 7.20. The molecule has 0 aromatic rings. The summed E-state index contributed by atoms with van der Waals surface area (Å²) >= 11 is 0. The molecule has 0 aromatic heterocycles. The average Bonchev–Trinajstić information content (AvgIpc) is 2.67. The second-order valence-corrected chi connectivity index (χ2v) is 7.20. The smallest absolute Gasteiger partial charge is 0.0126 e. The summed E-state index contributed by atoms with van der Waals surface area (Å²) in [4.78, 5) is 0. The Kier molecular flexibility index (Phi) is 3.23. The molecule has 0 aromatic carbocycles. The van der Waals surface area contributed by atoms with Gasteiger partial charge < -0.3 is 5.32 Å². The van der Waals surface area contributed by atoms with E-state index in [1.165, 1.54) is 57.8 Å². The molecule has 0 radical (unpaired) electrons. The lowest BCUT2D eigenvalue weighted by atomic mass is 9.57. The Hall–Kier alpha value is -0.0400. The Balaban J connectivity index is 1.58. The highest BCUT2D eigenvalue weighted by Crippen LogP contribution is 2.52. The zero-order valence-electron chi connectivity index (χ0n) is 11.7. The quantitative estimate of drug-likeness (QED) is 0.759. The van der Waals surface area contributed by atoms with Crippen LogP contribution >= 0.6 is 0 Å². The van der Waals surface area contributed by atoms with Gasteiger partial charge in [0, 0.05) is 12.1 Å². The molecular formula is C16H29N. The fourth-order valence-corrected chi connectivity index (χ4v) is 4.67. The number of hydrogen-bond acceptors (Lipinski definition) is 1. The van der Waals surface area contributed by atoms with Gasteiger partial charge in [-0.15, -0.1) is 0 Å².